The molecular formula is C23H25FN6O2S. The number of hydrogen-bond donors (Lipinski definition) is 1. The first kappa shape index (κ1) is 21.4. The van der Waals surface area contributed by atoms with Crippen molar-refractivity contribution in [3.05, 3.63) is 54.2 Å². The normalized spacial score (nSPS) is 14.4. The molecule has 3 aromatic heterocycles. The van der Waals surface area contributed by atoms with Gasteiger partial charge in [-0.3, -0.25) is 9.40 Å². The van der Waals surface area contributed by atoms with Gasteiger partial charge in [-0.2, -0.15) is 13.5 Å². The molecule has 1 aliphatic rings. The lowest BCUT2D eigenvalue weighted by atomic mass is 10.0. The SMILES string of the molecule is Cc1cc(N(C)S(=O)(=O)c2ccn[nH]2)c2c(-c3cc(N4CCCC4)ccc3F)cn(C)c2n1. The Morgan fingerprint density at radius 2 is 1.88 bits per heavy atom. The van der Waals surface area contributed by atoms with E-state index in [1.165, 1.54) is 29.7 Å². The monoisotopic (exact) mass is 468 g/mol. The maximum Gasteiger partial charge on any atom is 0.281 e. The van der Waals surface area contributed by atoms with Gasteiger partial charge in [0, 0.05) is 55.9 Å². The number of aromatic nitrogens is 4. The molecule has 1 fully saturated rings. The van der Waals surface area contributed by atoms with Crippen LogP contribution in [0.1, 0.15) is 18.5 Å². The van der Waals surface area contributed by atoms with Crippen LogP contribution in [0.5, 0.6) is 0 Å². The molecule has 0 atom stereocenters. The first-order valence-corrected chi connectivity index (χ1v) is 12.2. The van der Waals surface area contributed by atoms with Gasteiger partial charge < -0.3 is 9.47 Å². The third-order valence-electron chi connectivity index (χ3n) is 6.20. The fourth-order valence-corrected chi connectivity index (χ4v) is 5.58. The average Bonchev–Trinajstić information content (AvgIpc) is 3.55. The second-order valence-electron chi connectivity index (χ2n) is 8.39. The lowest BCUT2D eigenvalue weighted by molar-refractivity contribution is 0.590. The fraction of sp³-hybridized carbons (Fsp3) is 0.304. The summed E-state index contributed by atoms with van der Waals surface area (Å²) in [6.07, 6.45) is 5.43. The highest BCUT2D eigenvalue weighted by molar-refractivity contribution is 7.92. The van der Waals surface area contributed by atoms with E-state index < -0.39 is 10.0 Å². The number of halogens is 1. The van der Waals surface area contributed by atoms with E-state index in [0.717, 1.165) is 31.6 Å². The van der Waals surface area contributed by atoms with Crippen LogP contribution in [0.3, 0.4) is 0 Å². The molecule has 1 N–H and O–H groups in total. The predicted octanol–water partition coefficient (Wildman–Crippen LogP) is 3.84. The number of nitrogens with zero attached hydrogens (tertiary/aromatic N) is 5. The number of nitrogens with one attached hydrogen (secondary N) is 1. The van der Waals surface area contributed by atoms with E-state index in [1.807, 2.05) is 19.3 Å². The minimum Gasteiger partial charge on any atom is -0.372 e. The van der Waals surface area contributed by atoms with E-state index in [1.54, 1.807) is 23.6 Å². The van der Waals surface area contributed by atoms with Crippen molar-refractivity contribution >= 4 is 32.4 Å². The zero-order valence-corrected chi connectivity index (χ0v) is 19.5. The van der Waals surface area contributed by atoms with Crippen LogP contribution in [0.2, 0.25) is 0 Å². The van der Waals surface area contributed by atoms with Crippen LogP contribution in [0.25, 0.3) is 22.2 Å². The molecule has 0 bridgehead atoms. The van der Waals surface area contributed by atoms with E-state index in [4.69, 9.17) is 0 Å². The van der Waals surface area contributed by atoms with Crippen molar-refractivity contribution in [2.75, 3.05) is 29.3 Å². The molecule has 4 aromatic rings. The molecule has 8 nitrogen and oxygen atoms in total. The Kier molecular flexibility index (Phi) is 5.12. The molecule has 1 aromatic carbocycles. The molecule has 0 unspecified atom stereocenters. The Bertz CT molecular complexity index is 1440. The number of hydrogen-bond acceptors (Lipinski definition) is 5. The Morgan fingerprint density at radius 1 is 1.12 bits per heavy atom. The summed E-state index contributed by atoms with van der Waals surface area (Å²) in [6, 6.07) is 8.24. The minimum atomic E-state index is -3.90. The first-order chi connectivity index (χ1) is 15.8. The number of sulfonamides is 1. The van der Waals surface area contributed by atoms with Crippen molar-refractivity contribution in [2.45, 2.75) is 24.8 Å². The summed E-state index contributed by atoms with van der Waals surface area (Å²) >= 11 is 0. The maximum atomic E-state index is 15.2. The van der Waals surface area contributed by atoms with Gasteiger partial charge in [-0.15, -0.1) is 0 Å². The molecule has 0 aliphatic carbocycles. The highest BCUT2D eigenvalue weighted by Crippen LogP contribution is 2.40. The van der Waals surface area contributed by atoms with Crippen molar-refractivity contribution < 1.29 is 12.8 Å². The van der Waals surface area contributed by atoms with Gasteiger partial charge in [0.2, 0.25) is 0 Å². The van der Waals surface area contributed by atoms with E-state index >= 15 is 4.39 Å². The number of fused-ring (bicyclic) bond motifs is 1. The van der Waals surface area contributed by atoms with Crippen molar-refractivity contribution in [3.63, 3.8) is 0 Å². The maximum absolute atomic E-state index is 15.2. The molecule has 5 rings (SSSR count). The smallest absolute Gasteiger partial charge is 0.281 e. The molecule has 0 amide bonds. The molecule has 172 valence electrons. The summed E-state index contributed by atoms with van der Waals surface area (Å²) in [5, 5.41) is 6.85. The second kappa shape index (κ2) is 7.87. The fourth-order valence-electron chi connectivity index (χ4n) is 4.48. The summed E-state index contributed by atoms with van der Waals surface area (Å²) in [7, 11) is -0.590. The van der Waals surface area contributed by atoms with Crippen molar-refractivity contribution in [1.82, 2.24) is 19.7 Å². The van der Waals surface area contributed by atoms with Crippen molar-refractivity contribution in [2.24, 2.45) is 7.05 Å². The molecule has 0 radical (unpaired) electrons. The number of rotatable bonds is 5. The summed E-state index contributed by atoms with van der Waals surface area (Å²) in [5.41, 5.74) is 3.64. The van der Waals surface area contributed by atoms with Crippen LogP contribution in [-0.4, -0.2) is 48.3 Å². The molecule has 4 heterocycles. The van der Waals surface area contributed by atoms with Gasteiger partial charge in [0.15, 0.2) is 5.03 Å². The van der Waals surface area contributed by atoms with Gasteiger partial charge in [0.1, 0.15) is 11.5 Å². The molecule has 0 saturated carbocycles. The number of anilines is 2. The largest absolute Gasteiger partial charge is 0.372 e. The van der Waals surface area contributed by atoms with Gasteiger partial charge in [0.25, 0.3) is 10.0 Å². The Balaban J connectivity index is 1.74. The molecule has 1 aliphatic heterocycles. The minimum absolute atomic E-state index is 0.0210. The van der Waals surface area contributed by atoms with Gasteiger partial charge in [0.05, 0.1) is 17.3 Å². The number of aryl methyl sites for hydroxylation is 2. The van der Waals surface area contributed by atoms with E-state index in [9.17, 15) is 8.42 Å². The van der Waals surface area contributed by atoms with Crippen LogP contribution in [0.15, 0.2) is 47.8 Å². The van der Waals surface area contributed by atoms with Gasteiger partial charge in [-0.25, -0.2) is 9.37 Å². The number of benzene rings is 1. The van der Waals surface area contributed by atoms with Crippen LogP contribution in [-0.2, 0) is 17.1 Å². The Morgan fingerprint density at radius 3 is 2.58 bits per heavy atom. The lowest BCUT2D eigenvalue weighted by Crippen LogP contribution is -2.27. The second-order valence-corrected chi connectivity index (χ2v) is 10.3. The van der Waals surface area contributed by atoms with Crippen LogP contribution < -0.4 is 9.21 Å². The average molecular weight is 469 g/mol. The quantitative estimate of drug-likeness (QED) is 0.481. The topological polar surface area (TPSA) is 87.1 Å². The lowest BCUT2D eigenvalue weighted by Gasteiger charge is -2.21. The number of pyridine rings is 1. The molecule has 1 saturated heterocycles. The van der Waals surface area contributed by atoms with E-state index in [-0.39, 0.29) is 10.8 Å². The number of aromatic amines is 1. The Hall–Kier alpha value is -3.40. The van der Waals surface area contributed by atoms with Crippen molar-refractivity contribution in [1.29, 1.82) is 0 Å². The highest BCUT2D eigenvalue weighted by atomic mass is 32.2. The standard InChI is InChI=1S/C23H25FN6O2S/c1-15-12-20(29(3)33(31,32)21-8-9-25-27-21)22-18(14-28(2)23(22)26-15)17-13-16(6-7-19(17)24)30-10-4-5-11-30/h6-9,12-14H,4-5,10-11H2,1-3H3,(H,25,27). The van der Waals surface area contributed by atoms with Crippen LogP contribution >= 0.6 is 0 Å². The summed E-state index contributed by atoms with van der Waals surface area (Å²) in [5.74, 6) is -0.365. The van der Waals surface area contributed by atoms with Crippen LogP contribution in [0, 0.1) is 12.7 Å². The van der Waals surface area contributed by atoms with Gasteiger partial charge in [-0.1, -0.05) is 0 Å². The van der Waals surface area contributed by atoms with E-state index in [2.05, 4.69) is 20.1 Å². The highest BCUT2D eigenvalue weighted by Gasteiger charge is 2.28. The summed E-state index contributed by atoms with van der Waals surface area (Å²) in [4.78, 5) is 6.87. The molecule has 0 spiro atoms. The summed E-state index contributed by atoms with van der Waals surface area (Å²) < 4.78 is 44.6. The first-order valence-electron chi connectivity index (χ1n) is 10.8. The zero-order chi connectivity index (χ0) is 23.3. The third-order valence-corrected chi connectivity index (χ3v) is 7.90. The molecule has 33 heavy (non-hydrogen) atoms. The third kappa shape index (κ3) is 3.54. The molecule has 10 heteroatoms. The van der Waals surface area contributed by atoms with E-state index in [0.29, 0.717) is 33.5 Å². The molecular weight excluding hydrogens is 443 g/mol. The summed E-state index contributed by atoms with van der Waals surface area (Å²) in [6.45, 7) is 3.69. The number of H-pyrrole nitrogens is 1. The van der Waals surface area contributed by atoms with Crippen molar-refractivity contribution in [3.8, 4) is 11.1 Å². The zero-order valence-electron chi connectivity index (χ0n) is 18.7. The van der Waals surface area contributed by atoms with Gasteiger partial charge >= 0.3 is 0 Å². The Labute approximate surface area is 191 Å². The predicted molar refractivity (Wildman–Crippen MR) is 126 cm³/mol. The van der Waals surface area contributed by atoms with Crippen LogP contribution in [0.4, 0.5) is 15.8 Å². The van der Waals surface area contributed by atoms with Gasteiger partial charge in [-0.05, 0) is 50.1 Å².